The molecule has 0 radical (unpaired) electrons. The van der Waals surface area contributed by atoms with Crippen molar-refractivity contribution in [2.75, 3.05) is 19.8 Å². The van der Waals surface area contributed by atoms with Crippen molar-refractivity contribution in [3.63, 3.8) is 0 Å². The molecule has 0 rings (SSSR count). The Hall–Kier alpha value is 0.796. The summed E-state index contributed by atoms with van der Waals surface area (Å²) in [5.74, 6) is 0. The number of phosphoric ester groups is 1. The Balaban J connectivity index is -0.000000167. The van der Waals surface area contributed by atoms with Crippen molar-refractivity contribution in [3.8, 4) is 0 Å². The Morgan fingerprint density at radius 3 is 1.21 bits per heavy atom. The standard InChI is InChI=1S/C6H15O4P.Mg.2H2O/c1-4-8-11(7,9-5-2)10-6-3;;;/h4-6H2,1-3H3;;2*1H2/q;+2;;/p-2. The van der Waals surface area contributed by atoms with Gasteiger partial charge >= 0.3 is 30.9 Å². The summed E-state index contributed by atoms with van der Waals surface area (Å²) < 4.78 is 25.8. The maximum absolute atomic E-state index is 11.3. The van der Waals surface area contributed by atoms with E-state index < -0.39 is 7.82 Å². The van der Waals surface area contributed by atoms with Crippen molar-refractivity contribution < 1.29 is 29.1 Å². The quantitative estimate of drug-likeness (QED) is 0.514. The van der Waals surface area contributed by atoms with Crippen molar-refractivity contribution in [2.24, 2.45) is 0 Å². The van der Waals surface area contributed by atoms with Crippen LogP contribution in [0.15, 0.2) is 0 Å². The topological polar surface area (TPSA) is 105 Å². The second kappa shape index (κ2) is 13.8. The molecule has 0 atom stereocenters. The summed E-state index contributed by atoms with van der Waals surface area (Å²) in [5, 5.41) is 0. The van der Waals surface area contributed by atoms with Crippen molar-refractivity contribution in [1.82, 2.24) is 0 Å². The monoisotopic (exact) mass is 240 g/mol. The summed E-state index contributed by atoms with van der Waals surface area (Å²) in [4.78, 5) is 0. The number of hydrogen-bond acceptors (Lipinski definition) is 6. The summed E-state index contributed by atoms with van der Waals surface area (Å²) >= 11 is 0. The molecule has 6 nitrogen and oxygen atoms in total. The van der Waals surface area contributed by atoms with Crippen molar-refractivity contribution in [2.45, 2.75) is 20.8 Å². The fourth-order valence-corrected chi connectivity index (χ4v) is 1.76. The van der Waals surface area contributed by atoms with Crippen molar-refractivity contribution in [3.05, 3.63) is 0 Å². The van der Waals surface area contributed by atoms with Gasteiger partial charge in [0, 0.05) is 0 Å². The van der Waals surface area contributed by atoms with Crippen LogP contribution < -0.4 is 0 Å². The van der Waals surface area contributed by atoms with Gasteiger partial charge in [0.1, 0.15) is 0 Å². The molecule has 0 aliphatic carbocycles. The van der Waals surface area contributed by atoms with E-state index in [1.165, 1.54) is 0 Å². The minimum Gasteiger partial charge on any atom is -0.870 e. The fraction of sp³-hybridized carbons (Fsp3) is 1.00. The van der Waals surface area contributed by atoms with E-state index in [9.17, 15) is 4.57 Å². The van der Waals surface area contributed by atoms with Gasteiger partial charge in [-0.3, -0.25) is 13.6 Å². The molecule has 0 heterocycles. The largest absolute Gasteiger partial charge is 2.00 e. The normalized spacial score (nSPS) is 9.36. The predicted molar refractivity (Wildman–Crippen MR) is 52.1 cm³/mol. The molecule has 2 N–H and O–H groups in total. The molecule has 0 aromatic carbocycles. The fourth-order valence-electron chi connectivity index (χ4n) is 0.586. The zero-order chi connectivity index (χ0) is 8.74. The average molecular weight is 240 g/mol. The molecule has 0 unspecified atom stereocenters. The molecule has 0 saturated carbocycles. The van der Waals surface area contributed by atoms with Gasteiger partial charge in [-0.2, -0.15) is 0 Å². The molecule has 0 bridgehead atoms. The third kappa shape index (κ3) is 10.9. The SMILES string of the molecule is CCOP(=O)(OCC)OCC.[Mg+2].[OH-].[OH-]. The van der Waals surface area contributed by atoms with Crippen LogP contribution in [0.1, 0.15) is 20.8 Å². The molecule has 0 spiro atoms. The molecule has 0 aliphatic heterocycles. The van der Waals surface area contributed by atoms with Crippen LogP contribution in [-0.4, -0.2) is 53.8 Å². The summed E-state index contributed by atoms with van der Waals surface area (Å²) in [7, 11) is -3.22. The molecule has 0 amide bonds. The van der Waals surface area contributed by atoms with Crippen molar-refractivity contribution in [1.29, 1.82) is 0 Å². The second-order valence-electron chi connectivity index (χ2n) is 1.70. The van der Waals surface area contributed by atoms with Crippen molar-refractivity contribution >= 4 is 30.9 Å². The average Bonchev–Trinajstić information content (AvgIpc) is 1.88. The molecule has 0 aliphatic rings. The number of phosphoric acid groups is 1. The van der Waals surface area contributed by atoms with E-state index in [2.05, 4.69) is 0 Å². The van der Waals surface area contributed by atoms with E-state index in [0.717, 1.165) is 0 Å². The van der Waals surface area contributed by atoms with Crippen LogP contribution in [0.2, 0.25) is 0 Å². The van der Waals surface area contributed by atoms with E-state index in [4.69, 9.17) is 13.6 Å². The van der Waals surface area contributed by atoms with E-state index in [1.54, 1.807) is 20.8 Å². The van der Waals surface area contributed by atoms with Gasteiger partial charge in [-0.05, 0) is 20.8 Å². The summed E-state index contributed by atoms with van der Waals surface area (Å²) in [6.07, 6.45) is 0. The van der Waals surface area contributed by atoms with Gasteiger partial charge in [0.25, 0.3) is 0 Å². The maximum Gasteiger partial charge on any atom is 2.00 e. The van der Waals surface area contributed by atoms with E-state index in [0.29, 0.717) is 19.8 Å². The minimum absolute atomic E-state index is 0. The maximum atomic E-state index is 11.3. The van der Waals surface area contributed by atoms with Crippen LogP contribution in [0, 0.1) is 0 Å². The van der Waals surface area contributed by atoms with Gasteiger partial charge < -0.3 is 11.0 Å². The van der Waals surface area contributed by atoms with Crippen LogP contribution >= 0.6 is 7.82 Å². The number of hydrogen-bond donors (Lipinski definition) is 0. The van der Waals surface area contributed by atoms with Gasteiger partial charge in [0.2, 0.25) is 0 Å². The molecule has 14 heavy (non-hydrogen) atoms. The first-order valence-corrected chi connectivity index (χ1v) is 5.18. The number of rotatable bonds is 6. The Morgan fingerprint density at radius 1 is 0.857 bits per heavy atom. The first-order valence-electron chi connectivity index (χ1n) is 3.72. The van der Waals surface area contributed by atoms with E-state index in [1.807, 2.05) is 0 Å². The molecule has 0 fully saturated rings. The second-order valence-corrected chi connectivity index (χ2v) is 3.37. The van der Waals surface area contributed by atoms with E-state index >= 15 is 0 Å². The molecule has 84 valence electrons. The zero-order valence-electron chi connectivity index (χ0n) is 8.80. The van der Waals surface area contributed by atoms with Crippen LogP contribution in [0.3, 0.4) is 0 Å². The van der Waals surface area contributed by atoms with Gasteiger partial charge in [0.05, 0.1) is 19.8 Å². The predicted octanol–water partition coefficient (Wildman–Crippen LogP) is 1.47. The van der Waals surface area contributed by atoms with Gasteiger partial charge in [-0.1, -0.05) is 0 Å². The molecular formula is C6H17MgO6P. The Kier molecular flexibility index (Phi) is 23.8. The molecule has 8 heteroatoms. The first kappa shape index (κ1) is 24.2. The Labute approximate surface area is 101 Å². The molecule has 0 aromatic heterocycles. The third-order valence-corrected chi connectivity index (χ3v) is 2.58. The molecule has 0 saturated heterocycles. The van der Waals surface area contributed by atoms with Crippen LogP contribution in [-0.2, 0) is 18.1 Å². The minimum atomic E-state index is -3.22. The summed E-state index contributed by atoms with van der Waals surface area (Å²) in [6, 6.07) is 0. The summed E-state index contributed by atoms with van der Waals surface area (Å²) in [6.45, 7) is 6.21. The Bertz CT molecular complexity index is 121. The summed E-state index contributed by atoms with van der Waals surface area (Å²) in [5.41, 5.74) is 0. The first-order chi connectivity index (χ1) is 5.18. The molecule has 0 aromatic rings. The van der Waals surface area contributed by atoms with Gasteiger partial charge in [-0.25, -0.2) is 4.57 Å². The molecular weight excluding hydrogens is 223 g/mol. The smallest absolute Gasteiger partial charge is 0.870 e. The zero-order valence-corrected chi connectivity index (χ0v) is 11.1. The van der Waals surface area contributed by atoms with Crippen LogP contribution in [0.4, 0.5) is 0 Å². The van der Waals surface area contributed by atoms with Gasteiger partial charge in [0.15, 0.2) is 0 Å². The van der Waals surface area contributed by atoms with E-state index in [-0.39, 0.29) is 34.0 Å². The van der Waals surface area contributed by atoms with Crippen LogP contribution in [0.5, 0.6) is 0 Å². The van der Waals surface area contributed by atoms with Gasteiger partial charge in [-0.15, -0.1) is 0 Å². The Morgan fingerprint density at radius 2 is 1.07 bits per heavy atom. The third-order valence-electron chi connectivity index (χ3n) is 0.862. The van der Waals surface area contributed by atoms with Crippen LogP contribution in [0.25, 0.3) is 0 Å².